The standard InChI is InChI=1S/C17H19Cl2NO/c1-11(2)20-10-13-4-5-15(19)9-17(13)21-16-7-6-14(18)8-12(16)3/h4-9,11,20H,10H2,1-3H3. The molecule has 2 rings (SSSR count). The molecule has 0 heterocycles. The first-order chi connectivity index (χ1) is 9.95. The average Bonchev–Trinajstić information content (AvgIpc) is 2.41. The molecule has 0 radical (unpaired) electrons. The zero-order valence-electron chi connectivity index (χ0n) is 12.4. The third-order valence-corrected chi connectivity index (χ3v) is 3.56. The number of hydrogen-bond acceptors (Lipinski definition) is 2. The predicted octanol–water partition coefficient (Wildman–Crippen LogP) is 5.59. The quantitative estimate of drug-likeness (QED) is 0.774. The van der Waals surface area contributed by atoms with Crippen molar-refractivity contribution in [1.29, 1.82) is 0 Å². The summed E-state index contributed by atoms with van der Waals surface area (Å²) < 4.78 is 6.03. The van der Waals surface area contributed by atoms with Crippen LogP contribution in [0.4, 0.5) is 0 Å². The lowest BCUT2D eigenvalue weighted by Crippen LogP contribution is -2.22. The fourth-order valence-electron chi connectivity index (χ4n) is 1.93. The summed E-state index contributed by atoms with van der Waals surface area (Å²) in [6.07, 6.45) is 0. The lowest BCUT2D eigenvalue weighted by atomic mass is 10.1. The first kappa shape index (κ1) is 16.2. The highest BCUT2D eigenvalue weighted by Crippen LogP contribution is 2.31. The van der Waals surface area contributed by atoms with Gasteiger partial charge in [-0.05, 0) is 42.8 Å². The van der Waals surface area contributed by atoms with Gasteiger partial charge in [0.1, 0.15) is 11.5 Å². The second-order valence-electron chi connectivity index (χ2n) is 5.30. The van der Waals surface area contributed by atoms with Crippen molar-refractivity contribution < 1.29 is 4.74 Å². The second kappa shape index (κ2) is 7.17. The maximum atomic E-state index is 6.09. The van der Waals surface area contributed by atoms with Gasteiger partial charge in [0.15, 0.2) is 0 Å². The molecule has 21 heavy (non-hydrogen) atoms. The van der Waals surface area contributed by atoms with Crippen LogP contribution < -0.4 is 10.1 Å². The minimum Gasteiger partial charge on any atom is -0.457 e. The van der Waals surface area contributed by atoms with Crippen LogP contribution in [0.2, 0.25) is 10.0 Å². The Morgan fingerprint density at radius 3 is 2.33 bits per heavy atom. The molecular weight excluding hydrogens is 305 g/mol. The molecule has 0 bridgehead atoms. The second-order valence-corrected chi connectivity index (χ2v) is 6.17. The van der Waals surface area contributed by atoms with Gasteiger partial charge in [-0.1, -0.05) is 43.1 Å². The van der Waals surface area contributed by atoms with Crippen molar-refractivity contribution in [1.82, 2.24) is 5.32 Å². The summed E-state index contributed by atoms with van der Waals surface area (Å²) in [5.41, 5.74) is 2.06. The molecule has 4 heteroatoms. The van der Waals surface area contributed by atoms with Crippen LogP contribution in [0.3, 0.4) is 0 Å². The van der Waals surface area contributed by atoms with E-state index in [-0.39, 0.29) is 0 Å². The summed E-state index contributed by atoms with van der Waals surface area (Å²) in [6, 6.07) is 11.7. The topological polar surface area (TPSA) is 21.3 Å². The van der Waals surface area contributed by atoms with Crippen LogP contribution in [0, 0.1) is 6.92 Å². The third-order valence-electron chi connectivity index (χ3n) is 3.09. The monoisotopic (exact) mass is 323 g/mol. The highest BCUT2D eigenvalue weighted by Gasteiger charge is 2.09. The van der Waals surface area contributed by atoms with Crippen LogP contribution in [-0.2, 0) is 6.54 Å². The van der Waals surface area contributed by atoms with E-state index < -0.39 is 0 Å². The van der Waals surface area contributed by atoms with E-state index in [1.165, 1.54) is 0 Å². The molecule has 0 unspecified atom stereocenters. The number of halogens is 2. The van der Waals surface area contributed by atoms with Gasteiger partial charge in [-0.2, -0.15) is 0 Å². The van der Waals surface area contributed by atoms with Crippen molar-refractivity contribution in [2.24, 2.45) is 0 Å². The maximum Gasteiger partial charge on any atom is 0.133 e. The molecule has 2 nitrogen and oxygen atoms in total. The molecule has 1 N–H and O–H groups in total. The molecule has 0 aliphatic carbocycles. The van der Waals surface area contributed by atoms with Gasteiger partial charge >= 0.3 is 0 Å². The van der Waals surface area contributed by atoms with Crippen molar-refractivity contribution in [2.75, 3.05) is 0 Å². The number of ether oxygens (including phenoxy) is 1. The normalized spacial score (nSPS) is 11.0. The number of nitrogens with one attached hydrogen (secondary N) is 1. The molecule has 0 aliphatic heterocycles. The van der Waals surface area contributed by atoms with Gasteiger partial charge in [0, 0.05) is 28.2 Å². The molecule has 0 atom stereocenters. The molecule has 0 aromatic heterocycles. The minimum absolute atomic E-state index is 0.408. The van der Waals surface area contributed by atoms with Gasteiger partial charge in [0.05, 0.1) is 0 Å². The van der Waals surface area contributed by atoms with Crippen LogP contribution in [0.1, 0.15) is 25.0 Å². The van der Waals surface area contributed by atoms with E-state index in [4.69, 9.17) is 27.9 Å². The lowest BCUT2D eigenvalue weighted by molar-refractivity contribution is 0.466. The molecule has 0 amide bonds. The summed E-state index contributed by atoms with van der Waals surface area (Å²) in [5, 5.41) is 4.75. The van der Waals surface area contributed by atoms with Crippen molar-refractivity contribution in [3.05, 3.63) is 57.6 Å². The predicted molar refractivity (Wildman–Crippen MR) is 89.7 cm³/mol. The summed E-state index contributed by atoms with van der Waals surface area (Å²) in [7, 11) is 0. The van der Waals surface area contributed by atoms with E-state index >= 15 is 0 Å². The van der Waals surface area contributed by atoms with Crippen molar-refractivity contribution in [3.63, 3.8) is 0 Å². The summed E-state index contributed by atoms with van der Waals surface area (Å²) in [4.78, 5) is 0. The van der Waals surface area contributed by atoms with Gasteiger partial charge in [0.2, 0.25) is 0 Å². The molecule has 0 spiro atoms. The van der Waals surface area contributed by atoms with Gasteiger partial charge in [-0.25, -0.2) is 0 Å². The molecule has 0 saturated heterocycles. The Bertz CT molecular complexity index is 626. The van der Waals surface area contributed by atoms with Gasteiger partial charge in [0.25, 0.3) is 0 Å². The molecule has 112 valence electrons. The van der Waals surface area contributed by atoms with E-state index in [0.29, 0.717) is 16.1 Å². The van der Waals surface area contributed by atoms with Crippen molar-refractivity contribution in [2.45, 2.75) is 33.4 Å². The Morgan fingerprint density at radius 2 is 1.67 bits per heavy atom. The van der Waals surface area contributed by atoms with E-state index in [1.807, 2.05) is 43.3 Å². The SMILES string of the molecule is Cc1cc(Cl)ccc1Oc1cc(Cl)ccc1CNC(C)C. The Morgan fingerprint density at radius 1 is 1.00 bits per heavy atom. The highest BCUT2D eigenvalue weighted by molar-refractivity contribution is 6.31. The number of benzene rings is 2. The zero-order chi connectivity index (χ0) is 15.4. The maximum absolute atomic E-state index is 6.09. The first-order valence-electron chi connectivity index (χ1n) is 6.91. The highest BCUT2D eigenvalue weighted by atomic mass is 35.5. The summed E-state index contributed by atoms with van der Waals surface area (Å²) >= 11 is 12.1. The van der Waals surface area contributed by atoms with Crippen LogP contribution >= 0.6 is 23.2 Å². The minimum atomic E-state index is 0.408. The Hall–Kier alpha value is -1.22. The average molecular weight is 324 g/mol. The van der Waals surface area contributed by atoms with Crippen LogP contribution in [0.15, 0.2) is 36.4 Å². The first-order valence-corrected chi connectivity index (χ1v) is 7.67. The molecule has 0 aliphatic rings. The summed E-state index contributed by atoms with van der Waals surface area (Å²) in [6.45, 7) is 6.92. The van der Waals surface area contributed by atoms with E-state index in [1.54, 1.807) is 0 Å². The summed E-state index contributed by atoms with van der Waals surface area (Å²) in [5.74, 6) is 1.55. The number of aryl methyl sites for hydroxylation is 1. The van der Waals surface area contributed by atoms with E-state index in [9.17, 15) is 0 Å². The van der Waals surface area contributed by atoms with Crippen LogP contribution in [0.5, 0.6) is 11.5 Å². The zero-order valence-corrected chi connectivity index (χ0v) is 13.9. The Kier molecular flexibility index (Phi) is 5.51. The number of hydrogen-bond donors (Lipinski definition) is 1. The van der Waals surface area contributed by atoms with Crippen LogP contribution in [-0.4, -0.2) is 6.04 Å². The lowest BCUT2D eigenvalue weighted by Gasteiger charge is -2.15. The molecule has 2 aromatic rings. The molecule has 0 fully saturated rings. The van der Waals surface area contributed by atoms with Gasteiger partial charge in [-0.3, -0.25) is 0 Å². The van der Waals surface area contributed by atoms with Gasteiger partial charge in [-0.15, -0.1) is 0 Å². The van der Waals surface area contributed by atoms with E-state index in [2.05, 4.69) is 19.2 Å². The smallest absolute Gasteiger partial charge is 0.133 e. The Balaban J connectivity index is 2.27. The van der Waals surface area contributed by atoms with E-state index in [0.717, 1.165) is 29.2 Å². The van der Waals surface area contributed by atoms with Crippen LogP contribution in [0.25, 0.3) is 0 Å². The fraction of sp³-hybridized carbons (Fsp3) is 0.294. The largest absolute Gasteiger partial charge is 0.457 e. The number of rotatable bonds is 5. The van der Waals surface area contributed by atoms with Crippen molar-refractivity contribution in [3.8, 4) is 11.5 Å². The molecule has 2 aromatic carbocycles. The molecular formula is C17H19Cl2NO. The molecule has 0 saturated carbocycles. The van der Waals surface area contributed by atoms with Crippen molar-refractivity contribution >= 4 is 23.2 Å². The fourth-order valence-corrected chi connectivity index (χ4v) is 2.32. The van der Waals surface area contributed by atoms with Gasteiger partial charge < -0.3 is 10.1 Å². The Labute approximate surface area is 136 Å². The third kappa shape index (κ3) is 4.63.